The van der Waals surface area contributed by atoms with E-state index in [4.69, 9.17) is 0 Å². The summed E-state index contributed by atoms with van der Waals surface area (Å²) in [7, 11) is 0. The summed E-state index contributed by atoms with van der Waals surface area (Å²) in [5.41, 5.74) is 0. The Balaban J connectivity index is 1.13. The number of amides is 4. The molecular weight excluding hydrogens is 432 g/mol. The van der Waals surface area contributed by atoms with Crippen LogP contribution >= 0.6 is 0 Å². The largest absolute Gasteiger partial charge is 0.339 e. The van der Waals surface area contributed by atoms with Crippen LogP contribution in [0.25, 0.3) is 0 Å². The minimum Gasteiger partial charge on any atom is -0.339 e. The van der Waals surface area contributed by atoms with Crippen LogP contribution < -0.4 is 10.6 Å². The van der Waals surface area contributed by atoms with Crippen molar-refractivity contribution in [2.45, 2.75) is 88.8 Å². The Bertz CT molecular complexity index is 761. The Kier molecular flexibility index (Phi) is 8.65. The van der Waals surface area contributed by atoms with Gasteiger partial charge in [-0.05, 0) is 51.4 Å². The fourth-order valence-corrected chi connectivity index (χ4v) is 5.98. The van der Waals surface area contributed by atoms with Gasteiger partial charge in [-0.1, -0.05) is 19.3 Å². The maximum atomic E-state index is 13.1. The molecule has 0 aromatic carbocycles. The Morgan fingerprint density at radius 1 is 0.765 bits per heavy atom. The number of hydrogen-bond acceptors (Lipinski definition) is 5. The van der Waals surface area contributed by atoms with E-state index in [1.165, 1.54) is 19.3 Å². The first-order valence-electron chi connectivity index (χ1n) is 13.3. The van der Waals surface area contributed by atoms with Gasteiger partial charge in [0.1, 0.15) is 6.04 Å². The van der Waals surface area contributed by atoms with E-state index in [1.807, 2.05) is 9.80 Å². The summed E-state index contributed by atoms with van der Waals surface area (Å²) in [6.45, 7) is 3.37. The molecule has 2 saturated carbocycles. The molecule has 9 nitrogen and oxygen atoms in total. The van der Waals surface area contributed by atoms with Crippen molar-refractivity contribution in [3.63, 3.8) is 0 Å². The lowest BCUT2D eigenvalue weighted by Gasteiger charge is -2.38. The van der Waals surface area contributed by atoms with Gasteiger partial charge in [0.2, 0.25) is 11.8 Å². The first kappa shape index (κ1) is 24.8. The third-order valence-corrected chi connectivity index (χ3v) is 8.15. The average molecular weight is 473 g/mol. The summed E-state index contributed by atoms with van der Waals surface area (Å²) in [6, 6.07) is 2.52. The quantitative estimate of drug-likeness (QED) is 0.635. The third-order valence-electron chi connectivity index (χ3n) is 8.15. The number of hydrogen-bond donors (Lipinski definition) is 2. The molecule has 0 aromatic rings. The second kappa shape index (κ2) is 11.9. The highest BCUT2D eigenvalue weighted by molar-refractivity contribution is 5.80. The fraction of sp³-hybridized carbons (Fsp3) is 0.840. The van der Waals surface area contributed by atoms with E-state index in [-0.39, 0.29) is 42.4 Å². The van der Waals surface area contributed by atoms with Gasteiger partial charge in [-0.3, -0.25) is 9.59 Å². The predicted octanol–water partition coefficient (Wildman–Crippen LogP) is 1.84. The molecule has 4 aliphatic rings. The lowest BCUT2D eigenvalue weighted by atomic mass is 9.85. The lowest BCUT2D eigenvalue weighted by molar-refractivity contribution is -0.138. The van der Waals surface area contributed by atoms with Crippen LogP contribution in [0.1, 0.15) is 70.6 Å². The fourth-order valence-electron chi connectivity index (χ4n) is 5.98. The van der Waals surface area contributed by atoms with Crippen molar-refractivity contribution in [2.75, 3.05) is 39.3 Å². The Morgan fingerprint density at radius 3 is 2.12 bits per heavy atom. The number of likely N-dealkylation sites (tertiary alicyclic amines) is 1. The molecule has 9 heteroatoms. The molecule has 0 aromatic heterocycles. The molecule has 4 rings (SSSR count). The topological polar surface area (TPSA) is 109 Å². The SMILES string of the molecule is N#C[C@@H]1CCCN1C(=O)CNC1CCC(C(=O)N2CCN(C(=O)NC3CCCCC3)CC2)CC1. The summed E-state index contributed by atoms with van der Waals surface area (Å²) in [5, 5.41) is 15.7. The molecule has 0 spiro atoms. The van der Waals surface area contributed by atoms with E-state index in [2.05, 4.69) is 16.7 Å². The molecule has 4 fully saturated rings. The van der Waals surface area contributed by atoms with Crippen LogP contribution in [0.2, 0.25) is 0 Å². The highest BCUT2D eigenvalue weighted by atomic mass is 16.2. The number of nitriles is 1. The van der Waals surface area contributed by atoms with Gasteiger partial charge in [0, 0.05) is 50.7 Å². The zero-order chi connectivity index (χ0) is 23.9. The molecule has 34 heavy (non-hydrogen) atoms. The van der Waals surface area contributed by atoms with E-state index in [0.29, 0.717) is 38.8 Å². The summed E-state index contributed by atoms with van der Waals surface area (Å²) in [5.74, 6) is 0.265. The molecule has 0 unspecified atom stereocenters. The highest BCUT2D eigenvalue weighted by Crippen LogP contribution is 2.27. The molecule has 2 aliphatic heterocycles. The van der Waals surface area contributed by atoms with Crippen molar-refractivity contribution < 1.29 is 14.4 Å². The number of carbonyl (C=O) groups is 3. The van der Waals surface area contributed by atoms with Gasteiger partial charge < -0.3 is 25.3 Å². The maximum Gasteiger partial charge on any atom is 0.317 e. The number of rotatable bonds is 5. The molecule has 2 heterocycles. The summed E-state index contributed by atoms with van der Waals surface area (Å²) >= 11 is 0. The van der Waals surface area contributed by atoms with E-state index in [0.717, 1.165) is 51.4 Å². The highest BCUT2D eigenvalue weighted by Gasteiger charge is 2.33. The average Bonchev–Trinajstić information content (AvgIpc) is 3.37. The molecule has 188 valence electrons. The Morgan fingerprint density at radius 2 is 1.44 bits per heavy atom. The number of nitrogens with one attached hydrogen (secondary N) is 2. The predicted molar refractivity (Wildman–Crippen MR) is 128 cm³/mol. The van der Waals surface area contributed by atoms with Crippen LogP contribution in [0.3, 0.4) is 0 Å². The second-order valence-corrected chi connectivity index (χ2v) is 10.4. The molecule has 0 radical (unpaired) electrons. The second-order valence-electron chi connectivity index (χ2n) is 10.4. The van der Waals surface area contributed by atoms with Crippen LogP contribution in [0.15, 0.2) is 0 Å². The Labute approximate surface area is 203 Å². The van der Waals surface area contributed by atoms with E-state index >= 15 is 0 Å². The van der Waals surface area contributed by atoms with Crippen LogP contribution in [-0.2, 0) is 9.59 Å². The number of urea groups is 1. The van der Waals surface area contributed by atoms with Gasteiger partial charge in [0.05, 0.1) is 12.6 Å². The summed E-state index contributed by atoms with van der Waals surface area (Å²) in [6.07, 6.45) is 10.9. The number of nitrogens with zero attached hydrogens (tertiary/aromatic N) is 4. The standard InChI is InChI=1S/C25H40N6O3/c26-17-22-7-4-12-31(22)23(32)18-27-20-10-8-19(9-11-20)24(33)29-13-15-30(16-14-29)25(34)28-21-5-2-1-3-6-21/h19-22,27H,1-16,18H2,(H,28,34)/t19?,20?,22-/m0/s1. The maximum absolute atomic E-state index is 13.1. The normalized spacial score (nSPS) is 28.4. The first-order chi connectivity index (χ1) is 16.5. The van der Waals surface area contributed by atoms with Gasteiger partial charge in [0.15, 0.2) is 0 Å². The zero-order valence-corrected chi connectivity index (χ0v) is 20.3. The van der Waals surface area contributed by atoms with Crippen LogP contribution in [0.4, 0.5) is 4.79 Å². The van der Waals surface area contributed by atoms with Gasteiger partial charge >= 0.3 is 6.03 Å². The van der Waals surface area contributed by atoms with E-state index in [9.17, 15) is 19.6 Å². The minimum atomic E-state index is -0.276. The summed E-state index contributed by atoms with van der Waals surface area (Å²) in [4.78, 5) is 43.5. The monoisotopic (exact) mass is 472 g/mol. The molecule has 2 saturated heterocycles. The third kappa shape index (κ3) is 6.21. The molecule has 2 N–H and O–H groups in total. The van der Waals surface area contributed by atoms with Crippen LogP contribution in [0, 0.1) is 17.2 Å². The van der Waals surface area contributed by atoms with Gasteiger partial charge in [-0.2, -0.15) is 5.26 Å². The zero-order valence-electron chi connectivity index (χ0n) is 20.3. The van der Waals surface area contributed by atoms with Gasteiger partial charge in [0.25, 0.3) is 0 Å². The smallest absolute Gasteiger partial charge is 0.317 e. The van der Waals surface area contributed by atoms with Crippen molar-refractivity contribution >= 4 is 17.8 Å². The van der Waals surface area contributed by atoms with Gasteiger partial charge in [-0.25, -0.2) is 4.79 Å². The van der Waals surface area contributed by atoms with Crippen molar-refractivity contribution in [1.82, 2.24) is 25.3 Å². The molecule has 4 amide bonds. The molecule has 0 bridgehead atoms. The lowest BCUT2D eigenvalue weighted by Crippen LogP contribution is -2.55. The first-order valence-corrected chi connectivity index (χ1v) is 13.3. The van der Waals surface area contributed by atoms with Crippen LogP contribution in [0.5, 0.6) is 0 Å². The van der Waals surface area contributed by atoms with Crippen molar-refractivity contribution in [3.05, 3.63) is 0 Å². The van der Waals surface area contributed by atoms with Crippen molar-refractivity contribution in [3.8, 4) is 6.07 Å². The van der Waals surface area contributed by atoms with Crippen LogP contribution in [-0.4, -0.2) is 89.9 Å². The number of carbonyl (C=O) groups excluding carboxylic acids is 3. The van der Waals surface area contributed by atoms with E-state index < -0.39 is 0 Å². The Hall–Kier alpha value is -2.34. The minimum absolute atomic E-state index is 0.00708. The number of piperazine rings is 1. The molecule has 2 aliphatic carbocycles. The van der Waals surface area contributed by atoms with Gasteiger partial charge in [-0.15, -0.1) is 0 Å². The van der Waals surface area contributed by atoms with Crippen molar-refractivity contribution in [1.29, 1.82) is 5.26 Å². The van der Waals surface area contributed by atoms with E-state index in [1.54, 1.807) is 4.90 Å². The molecule has 1 atom stereocenters. The summed E-state index contributed by atoms with van der Waals surface area (Å²) < 4.78 is 0. The van der Waals surface area contributed by atoms with Crippen molar-refractivity contribution in [2.24, 2.45) is 5.92 Å². The molecular formula is C25H40N6O3.